The van der Waals surface area contributed by atoms with Gasteiger partial charge in [0.25, 0.3) is 0 Å². The van der Waals surface area contributed by atoms with Crippen molar-refractivity contribution in [3.05, 3.63) is 16.1 Å². The molecule has 1 aromatic heterocycles. The van der Waals surface area contributed by atoms with Crippen LogP contribution in [0.3, 0.4) is 0 Å². The number of guanidine groups is 1. The number of nitrogens with zero attached hydrogens (tertiary/aromatic N) is 2. The van der Waals surface area contributed by atoms with Crippen molar-refractivity contribution in [1.82, 2.24) is 15.6 Å². The van der Waals surface area contributed by atoms with E-state index in [-0.39, 0.29) is 5.41 Å². The molecular weight excluding hydrogens is 284 g/mol. The zero-order valence-electron chi connectivity index (χ0n) is 13.6. The summed E-state index contributed by atoms with van der Waals surface area (Å²) in [5.74, 6) is 0.859. The zero-order chi connectivity index (χ0) is 15.5. The minimum absolute atomic E-state index is 0.128. The fourth-order valence-electron chi connectivity index (χ4n) is 2.64. The van der Waals surface area contributed by atoms with Gasteiger partial charge in [-0.1, -0.05) is 13.8 Å². The number of aryl methyl sites for hydroxylation is 1. The third-order valence-electron chi connectivity index (χ3n) is 4.16. The molecule has 1 aliphatic carbocycles. The van der Waals surface area contributed by atoms with Gasteiger partial charge in [-0.05, 0) is 20.3 Å². The lowest BCUT2D eigenvalue weighted by Crippen LogP contribution is -2.63. The monoisotopic (exact) mass is 310 g/mol. The second-order valence-electron chi connectivity index (χ2n) is 6.06. The Morgan fingerprint density at radius 1 is 1.57 bits per heavy atom. The third kappa shape index (κ3) is 3.74. The Kier molecular flexibility index (Phi) is 5.22. The summed E-state index contributed by atoms with van der Waals surface area (Å²) in [6.07, 6.45) is 1.34. The summed E-state index contributed by atoms with van der Waals surface area (Å²) in [4.78, 5) is 9.08. The molecule has 0 aliphatic heterocycles. The van der Waals surface area contributed by atoms with E-state index in [9.17, 15) is 0 Å². The van der Waals surface area contributed by atoms with Crippen molar-refractivity contribution >= 4 is 17.3 Å². The summed E-state index contributed by atoms with van der Waals surface area (Å²) in [5, 5.41) is 9.93. The van der Waals surface area contributed by atoms with E-state index in [1.807, 2.05) is 6.92 Å². The van der Waals surface area contributed by atoms with Crippen LogP contribution in [0, 0.1) is 12.3 Å². The zero-order valence-corrected chi connectivity index (χ0v) is 14.4. The molecule has 0 saturated heterocycles. The van der Waals surface area contributed by atoms with Gasteiger partial charge in [0.05, 0.1) is 12.6 Å². The maximum Gasteiger partial charge on any atom is 0.191 e. The summed E-state index contributed by atoms with van der Waals surface area (Å²) < 4.78 is 5.50. The average molecular weight is 310 g/mol. The summed E-state index contributed by atoms with van der Waals surface area (Å²) in [6, 6.07) is 0.387. The number of hydrogen-bond donors (Lipinski definition) is 2. The number of hydrogen-bond acceptors (Lipinski definition) is 4. The Morgan fingerprint density at radius 3 is 2.86 bits per heavy atom. The van der Waals surface area contributed by atoms with Crippen LogP contribution >= 0.6 is 11.3 Å². The molecule has 0 spiro atoms. The number of thiazole rings is 1. The van der Waals surface area contributed by atoms with Gasteiger partial charge in [-0.3, -0.25) is 0 Å². The van der Waals surface area contributed by atoms with E-state index < -0.39 is 0 Å². The largest absolute Gasteiger partial charge is 0.381 e. The Bertz CT molecular complexity index is 498. The van der Waals surface area contributed by atoms with Crippen LogP contribution in [0.15, 0.2) is 10.4 Å². The summed E-state index contributed by atoms with van der Waals surface area (Å²) in [6.45, 7) is 10.0. The van der Waals surface area contributed by atoms with Gasteiger partial charge in [-0.2, -0.15) is 0 Å². The van der Waals surface area contributed by atoms with Crippen LogP contribution in [-0.4, -0.2) is 36.7 Å². The lowest BCUT2D eigenvalue weighted by molar-refractivity contribution is -0.0922. The molecule has 21 heavy (non-hydrogen) atoms. The van der Waals surface area contributed by atoms with Crippen LogP contribution in [0.5, 0.6) is 0 Å². The first-order chi connectivity index (χ1) is 9.97. The number of ether oxygens (including phenoxy) is 1. The quantitative estimate of drug-likeness (QED) is 0.647. The summed E-state index contributed by atoms with van der Waals surface area (Å²) in [5.41, 5.74) is 1.19. The first kappa shape index (κ1) is 16.2. The Hall–Kier alpha value is -1.14. The molecule has 2 unspecified atom stereocenters. The van der Waals surface area contributed by atoms with Crippen molar-refractivity contribution < 1.29 is 4.74 Å². The molecule has 0 aromatic carbocycles. The molecule has 2 atom stereocenters. The molecule has 0 radical (unpaired) electrons. The topological polar surface area (TPSA) is 58.5 Å². The minimum Gasteiger partial charge on any atom is -0.381 e. The molecule has 5 nitrogen and oxygen atoms in total. The molecule has 1 fully saturated rings. The van der Waals surface area contributed by atoms with Crippen molar-refractivity contribution in [2.45, 2.75) is 52.8 Å². The predicted molar refractivity (Wildman–Crippen MR) is 87.8 cm³/mol. The molecule has 1 heterocycles. The molecule has 1 aromatic rings. The highest BCUT2D eigenvalue weighted by atomic mass is 32.1. The number of methoxy groups -OCH3 is 1. The highest BCUT2D eigenvalue weighted by Crippen LogP contribution is 2.42. The van der Waals surface area contributed by atoms with Crippen LogP contribution in [0.25, 0.3) is 0 Å². The summed E-state index contributed by atoms with van der Waals surface area (Å²) in [7, 11) is 1.78. The van der Waals surface area contributed by atoms with Gasteiger partial charge in [0.1, 0.15) is 5.01 Å². The molecule has 2 N–H and O–H groups in total. The fraction of sp³-hybridized carbons (Fsp3) is 0.733. The molecular formula is C15H26N4OS. The third-order valence-corrected chi connectivity index (χ3v) is 5.11. The van der Waals surface area contributed by atoms with Crippen LogP contribution in [0.4, 0.5) is 0 Å². The first-order valence-corrected chi connectivity index (χ1v) is 8.34. The molecule has 118 valence electrons. The van der Waals surface area contributed by atoms with E-state index in [0.29, 0.717) is 18.7 Å². The van der Waals surface area contributed by atoms with Crippen LogP contribution in [-0.2, 0) is 11.3 Å². The van der Waals surface area contributed by atoms with Crippen molar-refractivity contribution in [3.8, 4) is 0 Å². The second-order valence-corrected chi connectivity index (χ2v) is 7.00. The average Bonchev–Trinajstić information content (AvgIpc) is 2.85. The van der Waals surface area contributed by atoms with Gasteiger partial charge in [-0.25, -0.2) is 9.98 Å². The van der Waals surface area contributed by atoms with Gasteiger partial charge in [0.2, 0.25) is 0 Å². The lowest BCUT2D eigenvalue weighted by atomic mass is 9.64. The molecule has 1 saturated carbocycles. The van der Waals surface area contributed by atoms with E-state index in [1.54, 1.807) is 18.4 Å². The predicted octanol–water partition coefficient (Wildman–Crippen LogP) is 2.32. The van der Waals surface area contributed by atoms with Crippen LogP contribution in [0.2, 0.25) is 0 Å². The van der Waals surface area contributed by atoms with E-state index in [1.165, 1.54) is 0 Å². The minimum atomic E-state index is 0.128. The van der Waals surface area contributed by atoms with Crippen LogP contribution in [0.1, 0.15) is 37.9 Å². The van der Waals surface area contributed by atoms with Crippen molar-refractivity contribution in [2.24, 2.45) is 10.4 Å². The van der Waals surface area contributed by atoms with E-state index in [0.717, 1.165) is 29.6 Å². The normalized spacial score (nSPS) is 24.5. The molecule has 0 amide bonds. The van der Waals surface area contributed by atoms with E-state index in [2.05, 4.69) is 46.8 Å². The summed E-state index contributed by atoms with van der Waals surface area (Å²) >= 11 is 1.66. The maximum absolute atomic E-state index is 5.50. The second kappa shape index (κ2) is 6.75. The number of aromatic nitrogens is 1. The highest BCUT2D eigenvalue weighted by Gasteiger charge is 2.48. The lowest BCUT2D eigenvalue weighted by Gasteiger charge is -2.51. The van der Waals surface area contributed by atoms with Crippen LogP contribution < -0.4 is 10.6 Å². The van der Waals surface area contributed by atoms with Gasteiger partial charge in [0, 0.05) is 36.2 Å². The van der Waals surface area contributed by atoms with Gasteiger partial charge in [0.15, 0.2) is 5.96 Å². The standard InChI is InChI=1S/C15H26N4OS/c1-6-16-14(17-8-13-18-10(2)9-21-13)19-11-7-12(20-5)15(11,3)4/h9,11-12H,6-8H2,1-5H3,(H2,16,17,19). The van der Waals surface area contributed by atoms with Crippen molar-refractivity contribution in [2.75, 3.05) is 13.7 Å². The van der Waals surface area contributed by atoms with E-state index >= 15 is 0 Å². The SMILES string of the molecule is CCNC(=NCc1nc(C)cs1)NC1CC(OC)C1(C)C. The van der Waals surface area contributed by atoms with Gasteiger partial charge in [-0.15, -0.1) is 11.3 Å². The number of nitrogens with one attached hydrogen (secondary N) is 2. The van der Waals surface area contributed by atoms with Gasteiger partial charge >= 0.3 is 0 Å². The highest BCUT2D eigenvalue weighted by molar-refractivity contribution is 7.09. The number of rotatable bonds is 5. The van der Waals surface area contributed by atoms with Crippen molar-refractivity contribution in [3.63, 3.8) is 0 Å². The van der Waals surface area contributed by atoms with E-state index in [4.69, 9.17) is 4.74 Å². The Labute approximate surface area is 131 Å². The molecule has 2 rings (SSSR count). The maximum atomic E-state index is 5.50. The smallest absolute Gasteiger partial charge is 0.191 e. The number of aliphatic imine (C=N–C) groups is 1. The molecule has 0 bridgehead atoms. The molecule has 1 aliphatic rings. The van der Waals surface area contributed by atoms with Crippen molar-refractivity contribution in [1.29, 1.82) is 0 Å². The fourth-order valence-corrected chi connectivity index (χ4v) is 3.33. The Morgan fingerprint density at radius 2 is 2.33 bits per heavy atom. The first-order valence-electron chi connectivity index (χ1n) is 7.46. The molecule has 6 heteroatoms. The Balaban J connectivity index is 1.96. The van der Waals surface area contributed by atoms with Gasteiger partial charge < -0.3 is 15.4 Å².